The molecule has 1 aliphatic heterocycles. The predicted molar refractivity (Wildman–Crippen MR) is 107 cm³/mol. The van der Waals surface area contributed by atoms with Crippen LogP contribution in [0, 0.1) is 5.82 Å². The number of ether oxygens (including phenoxy) is 1. The SMILES string of the molecule is C=C1CCCN(CCC(F)(F)F)/C1=C(/C=C\C)OCc1ccc(CCC(=O)[O-])c(F)c1.[Na+]. The van der Waals surface area contributed by atoms with E-state index >= 15 is 0 Å². The number of carbonyl (C=O) groups is 1. The van der Waals surface area contributed by atoms with Crippen LogP contribution in [0.1, 0.15) is 43.7 Å². The molecule has 1 aromatic rings. The van der Waals surface area contributed by atoms with Crippen molar-refractivity contribution in [3.63, 3.8) is 0 Å². The van der Waals surface area contributed by atoms with E-state index in [1.807, 2.05) is 0 Å². The minimum absolute atomic E-state index is 0. The summed E-state index contributed by atoms with van der Waals surface area (Å²) in [7, 11) is 0. The third-order valence-electron chi connectivity index (χ3n) is 4.88. The Labute approximate surface area is 207 Å². The number of halogens is 4. The Morgan fingerprint density at radius 2 is 2.06 bits per heavy atom. The van der Waals surface area contributed by atoms with Gasteiger partial charge in [0.15, 0.2) is 0 Å². The summed E-state index contributed by atoms with van der Waals surface area (Å²) in [6.07, 6.45) is -0.705. The van der Waals surface area contributed by atoms with E-state index in [-0.39, 0.29) is 61.1 Å². The van der Waals surface area contributed by atoms with Gasteiger partial charge in [0.25, 0.3) is 0 Å². The monoisotopic (exact) mass is 463 g/mol. The van der Waals surface area contributed by atoms with Crippen molar-refractivity contribution in [2.45, 2.75) is 51.8 Å². The molecule has 1 heterocycles. The number of carboxylic acids is 1. The molecule has 0 unspecified atom stereocenters. The van der Waals surface area contributed by atoms with Crippen LogP contribution in [-0.2, 0) is 22.6 Å². The van der Waals surface area contributed by atoms with Crippen molar-refractivity contribution in [2.75, 3.05) is 13.1 Å². The summed E-state index contributed by atoms with van der Waals surface area (Å²) >= 11 is 0. The van der Waals surface area contributed by atoms with Gasteiger partial charge in [-0.2, -0.15) is 13.2 Å². The van der Waals surface area contributed by atoms with Crippen molar-refractivity contribution < 1.29 is 61.8 Å². The molecule has 0 spiro atoms. The molecule has 0 aromatic heterocycles. The van der Waals surface area contributed by atoms with E-state index in [4.69, 9.17) is 4.74 Å². The number of carboxylic acid groups (broad SMARTS) is 1. The van der Waals surface area contributed by atoms with Crippen LogP contribution >= 0.6 is 0 Å². The summed E-state index contributed by atoms with van der Waals surface area (Å²) in [5.74, 6) is -1.41. The first-order valence-electron chi connectivity index (χ1n) is 10.1. The van der Waals surface area contributed by atoms with Crippen molar-refractivity contribution >= 4 is 5.97 Å². The zero-order chi connectivity index (χ0) is 23.0. The number of aryl methyl sites for hydroxylation is 1. The second kappa shape index (κ2) is 13.1. The Bertz CT molecular complexity index is 865. The van der Waals surface area contributed by atoms with Crippen LogP contribution in [0.2, 0.25) is 0 Å². The van der Waals surface area contributed by atoms with Crippen LogP contribution in [0.25, 0.3) is 0 Å². The smallest absolute Gasteiger partial charge is 0.550 e. The molecule has 32 heavy (non-hydrogen) atoms. The molecule has 170 valence electrons. The van der Waals surface area contributed by atoms with Gasteiger partial charge in [-0.25, -0.2) is 4.39 Å². The van der Waals surface area contributed by atoms with E-state index in [2.05, 4.69) is 6.58 Å². The van der Waals surface area contributed by atoms with Gasteiger partial charge in [0.2, 0.25) is 0 Å². The third-order valence-corrected chi connectivity index (χ3v) is 4.88. The number of hydrogen-bond donors (Lipinski definition) is 0. The van der Waals surface area contributed by atoms with Crippen molar-refractivity contribution in [1.82, 2.24) is 4.90 Å². The fourth-order valence-corrected chi connectivity index (χ4v) is 3.38. The van der Waals surface area contributed by atoms with E-state index < -0.39 is 24.4 Å². The molecule has 0 aliphatic carbocycles. The summed E-state index contributed by atoms with van der Waals surface area (Å²) in [6.45, 7) is 6.05. The molecular formula is C23H26F4NNaO3. The van der Waals surface area contributed by atoms with E-state index in [0.717, 1.165) is 0 Å². The molecule has 1 aromatic carbocycles. The first kappa shape index (κ1) is 28.3. The molecular weight excluding hydrogens is 437 g/mol. The maximum absolute atomic E-state index is 14.2. The number of carbonyl (C=O) groups excluding carboxylic acids is 1. The Morgan fingerprint density at radius 3 is 2.66 bits per heavy atom. The van der Waals surface area contributed by atoms with Crippen LogP contribution in [0.3, 0.4) is 0 Å². The number of aliphatic carboxylic acids is 1. The molecule has 2 rings (SSSR count). The van der Waals surface area contributed by atoms with Gasteiger partial charge < -0.3 is 19.5 Å². The van der Waals surface area contributed by atoms with E-state index in [9.17, 15) is 27.5 Å². The molecule has 0 bridgehead atoms. The van der Waals surface area contributed by atoms with Gasteiger partial charge in [0.1, 0.15) is 18.2 Å². The Morgan fingerprint density at radius 1 is 1.34 bits per heavy atom. The summed E-state index contributed by atoms with van der Waals surface area (Å²) in [4.78, 5) is 12.2. The molecule has 4 nitrogen and oxygen atoms in total. The molecule has 0 amide bonds. The van der Waals surface area contributed by atoms with Gasteiger partial charge in [-0.05, 0) is 61.4 Å². The largest absolute Gasteiger partial charge is 1.00 e. The second-order valence-corrected chi connectivity index (χ2v) is 7.36. The molecule has 0 radical (unpaired) electrons. The number of piperidine rings is 1. The molecule has 1 fully saturated rings. The van der Waals surface area contributed by atoms with Crippen LogP contribution < -0.4 is 34.7 Å². The molecule has 0 atom stereocenters. The standard InChI is InChI=1S/C23H27F4NO3.Na/c1-3-5-20(22-16(2)6-4-12-28(22)13-11-23(25,26)27)31-15-17-7-8-18(19(24)14-17)9-10-21(29)30;/h3,5,7-8,14H,2,4,6,9-13,15H2,1H3,(H,29,30);/q;+1/p-1/b5-3-,22-20-;. The van der Waals surface area contributed by atoms with Crippen LogP contribution in [0.4, 0.5) is 17.6 Å². The number of likely N-dealkylation sites (tertiary alicyclic amines) is 1. The molecule has 0 N–H and O–H groups in total. The fourth-order valence-electron chi connectivity index (χ4n) is 3.38. The normalized spacial score (nSPS) is 16.2. The van der Waals surface area contributed by atoms with E-state index in [1.165, 1.54) is 12.1 Å². The number of rotatable bonds is 9. The average molecular weight is 463 g/mol. The predicted octanol–water partition coefficient (Wildman–Crippen LogP) is 1.42. The second-order valence-electron chi connectivity index (χ2n) is 7.36. The van der Waals surface area contributed by atoms with Gasteiger partial charge >= 0.3 is 35.7 Å². The minimum Gasteiger partial charge on any atom is -0.550 e. The summed E-state index contributed by atoms with van der Waals surface area (Å²) in [5.41, 5.74) is 2.02. The average Bonchev–Trinajstić information content (AvgIpc) is 2.68. The maximum atomic E-state index is 14.2. The van der Waals surface area contributed by atoms with Gasteiger partial charge in [-0.15, -0.1) is 0 Å². The first-order valence-corrected chi connectivity index (χ1v) is 10.1. The fraction of sp³-hybridized carbons (Fsp3) is 0.435. The molecule has 1 aliphatic rings. The number of nitrogens with zero attached hydrogens (tertiary/aromatic N) is 1. The number of benzene rings is 1. The molecule has 0 saturated carbocycles. The van der Waals surface area contributed by atoms with E-state index in [1.54, 1.807) is 30.0 Å². The Kier molecular flexibility index (Phi) is 11.5. The zero-order valence-electron chi connectivity index (χ0n) is 18.4. The van der Waals surface area contributed by atoms with Crippen LogP contribution in [0.15, 0.2) is 54.0 Å². The van der Waals surface area contributed by atoms with E-state index in [0.29, 0.717) is 42.0 Å². The van der Waals surface area contributed by atoms with Gasteiger partial charge in [-0.1, -0.05) is 24.8 Å². The molecule has 9 heteroatoms. The van der Waals surface area contributed by atoms with Gasteiger partial charge in [0.05, 0.1) is 12.1 Å². The van der Waals surface area contributed by atoms with Crippen molar-refractivity contribution in [2.24, 2.45) is 0 Å². The van der Waals surface area contributed by atoms with Crippen molar-refractivity contribution in [3.8, 4) is 0 Å². The summed E-state index contributed by atoms with van der Waals surface area (Å²) < 4.78 is 58.3. The number of alkyl halides is 3. The van der Waals surface area contributed by atoms with Crippen molar-refractivity contribution in [1.29, 1.82) is 0 Å². The zero-order valence-corrected chi connectivity index (χ0v) is 20.4. The summed E-state index contributed by atoms with van der Waals surface area (Å²) in [5, 5.41) is 10.6. The minimum atomic E-state index is -4.26. The topological polar surface area (TPSA) is 52.6 Å². The molecule has 1 saturated heterocycles. The van der Waals surface area contributed by atoms with Crippen LogP contribution in [-0.4, -0.2) is 30.1 Å². The first-order chi connectivity index (χ1) is 14.6. The third kappa shape index (κ3) is 9.00. The van der Waals surface area contributed by atoms with Gasteiger partial charge in [-0.3, -0.25) is 0 Å². The van der Waals surface area contributed by atoms with Crippen LogP contribution in [0.5, 0.6) is 0 Å². The Hall–Kier alpha value is -1.77. The van der Waals surface area contributed by atoms with Gasteiger partial charge in [0, 0.05) is 19.1 Å². The quantitative estimate of drug-likeness (QED) is 0.316. The number of allylic oxidation sites excluding steroid dienone is 3. The van der Waals surface area contributed by atoms with Crippen molar-refractivity contribution in [3.05, 3.63) is 70.9 Å². The Balaban J connectivity index is 0.00000512. The maximum Gasteiger partial charge on any atom is 1.00 e. The number of hydrogen-bond acceptors (Lipinski definition) is 4. The summed E-state index contributed by atoms with van der Waals surface area (Å²) in [6, 6.07) is 4.39.